The maximum Gasteiger partial charge on any atom is 0.321 e. The smallest absolute Gasteiger partial charge is 0.321 e. The van der Waals surface area contributed by atoms with Gasteiger partial charge in [0.1, 0.15) is 4.83 Å². The number of nitrogens with zero attached hydrogens (tertiary/aromatic N) is 2. The summed E-state index contributed by atoms with van der Waals surface area (Å²) in [5.41, 5.74) is 2.67. The van der Waals surface area contributed by atoms with Crippen molar-refractivity contribution in [2.75, 3.05) is 0 Å². The molecular formula is C24H22N4O3S. The van der Waals surface area contributed by atoms with Gasteiger partial charge in [0.05, 0.1) is 11.7 Å². The van der Waals surface area contributed by atoms with Crippen LogP contribution in [0.1, 0.15) is 17.5 Å². The van der Waals surface area contributed by atoms with Gasteiger partial charge in [-0.25, -0.2) is 9.78 Å². The first-order chi connectivity index (χ1) is 15.5. The summed E-state index contributed by atoms with van der Waals surface area (Å²) in [5, 5.41) is 5.50. The molecule has 4 aromatic rings. The first-order valence-electron chi connectivity index (χ1n) is 10.2. The molecule has 7 nitrogen and oxygen atoms in total. The van der Waals surface area contributed by atoms with E-state index in [-0.39, 0.29) is 18.5 Å². The third kappa shape index (κ3) is 4.76. The van der Waals surface area contributed by atoms with Crippen molar-refractivity contribution < 1.29 is 9.59 Å². The third-order valence-corrected chi connectivity index (χ3v) is 6.33. The summed E-state index contributed by atoms with van der Waals surface area (Å²) in [5.74, 6) is -0.463. The standard InChI is InChI=1S/C24H22N4O3S/c1-16-20-22(32-21(16)18-10-6-3-7-11-18)26-15-28(23(20)30)13-12-19(29)27-24(31)25-14-17-8-4-2-5-9-17/h2-11,15H,12-14H2,1H3,(H2,25,27,29,31). The molecule has 0 aliphatic rings. The van der Waals surface area contributed by atoms with Gasteiger partial charge < -0.3 is 5.32 Å². The zero-order valence-electron chi connectivity index (χ0n) is 17.5. The zero-order chi connectivity index (χ0) is 22.5. The molecule has 0 atom stereocenters. The molecule has 8 heteroatoms. The van der Waals surface area contributed by atoms with Crippen LogP contribution < -0.4 is 16.2 Å². The van der Waals surface area contributed by atoms with E-state index in [0.29, 0.717) is 16.8 Å². The highest BCUT2D eigenvalue weighted by molar-refractivity contribution is 7.22. The molecule has 2 aromatic carbocycles. The van der Waals surface area contributed by atoms with Crippen molar-refractivity contribution in [3.63, 3.8) is 0 Å². The average molecular weight is 447 g/mol. The Bertz CT molecular complexity index is 1310. The lowest BCUT2D eigenvalue weighted by Gasteiger charge is -2.08. The molecule has 0 aliphatic heterocycles. The Labute approximate surface area is 188 Å². The number of urea groups is 1. The normalized spacial score (nSPS) is 10.8. The van der Waals surface area contributed by atoms with Crippen LogP contribution in [0.15, 0.2) is 71.8 Å². The average Bonchev–Trinajstić information content (AvgIpc) is 3.15. The van der Waals surface area contributed by atoms with Crippen LogP contribution in [0.2, 0.25) is 0 Å². The lowest BCUT2D eigenvalue weighted by Crippen LogP contribution is -2.39. The van der Waals surface area contributed by atoms with E-state index in [1.165, 1.54) is 22.2 Å². The predicted octanol–water partition coefficient (Wildman–Crippen LogP) is 3.85. The number of hydrogen-bond donors (Lipinski definition) is 2. The molecule has 4 rings (SSSR count). The Morgan fingerprint density at radius 2 is 1.72 bits per heavy atom. The molecule has 2 heterocycles. The zero-order valence-corrected chi connectivity index (χ0v) is 18.3. The Morgan fingerprint density at radius 3 is 2.44 bits per heavy atom. The second kappa shape index (κ2) is 9.57. The molecule has 0 spiro atoms. The van der Waals surface area contributed by atoms with Gasteiger partial charge in [0.2, 0.25) is 5.91 Å². The minimum Gasteiger partial charge on any atom is -0.334 e. The topological polar surface area (TPSA) is 93.1 Å². The van der Waals surface area contributed by atoms with Gasteiger partial charge >= 0.3 is 6.03 Å². The minimum absolute atomic E-state index is 0.0133. The van der Waals surface area contributed by atoms with Gasteiger partial charge in [-0.05, 0) is 23.6 Å². The Hall–Kier alpha value is -3.78. The van der Waals surface area contributed by atoms with E-state index < -0.39 is 11.9 Å². The Kier molecular flexibility index (Phi) is 6.42. The molecule has 2 N–H and O–H groups in total. The molecule has 32 heavy (non-hydrogen) atoms. The summed E-state index contributed by atoms with van der Waals surface area (Å²) in [4.78, 5) is 43.2. The molecule has 0 radical (unpaired) electrons. The van der Waals surface area contributed by atoms with Crippen molar-refractivity contribution in [3.8, 4) is 10.4 Å². The number of aromatic nitrogens is 2. The van der Waals surface area contributed by atoms with Crippen molar-refractivity contribution in [1.82, 2.24) is 20.2 Å². The first-order valence-corrected chi connectivity index (χ1v) is 11.0. The van der Waals surface area contributed by atoms with E-state index in [2.05, 4.69) is 15.6 Å². The van der Waals surface area contributed by atoms with Crippen molar-refractivity contribution in [2.24, 2.45) is 0 Å². The van der Waals surface area contributed by atoms with Crippen molar-refractivity contribution in [2.45, 2.75) is 26.4 Å². The lowest BCUT2D eigenvalue weighted by atomic mass is 10.1. The SMILES string of the molecule is Cc1c(-c2ccccc2)sc2ncn(CCC(=O)NC(=O)NCc3ccccc3)c(=O)c12. The fourth-order valence-corrected chi connectivity index (χ4v) is 4.56. The lowest BCUT2D eigenvalue weighted by molar-refractivity contribution is -0.120. The number of imide groups is 1. The van der Waals surface area contributed by atoms with E-state index in [1.807, 2.05) is 67.6 Å². The van der Waals surface area contributed by atoms with Crippen LogP contribution in [0.3, 0.4) is 0 Å². The maximum atomic E-state index is 13.0. The van der Waals surface area contributed by atoms with Gasteiger partial charge in [0.15, 0.2) is 0 Å². The van der Waals surface area contributed by atoms with Crippen LogP contribution in [-0.2, 0) is 17.9 Å². The van der Waals surface area contributed by atoms with Crippen LogP contribution in [0.5, 0.6) is 0 Å². The van der Waals surface area contributed by atoms with Crippen LogP contribution in [0.25, 0.3) is 20.7 Å². The van der Waals surface area contributed by atoms with Crippen molar-refractivity contribution in [1.29, 1.82) is 0 Å². The van der Waals surface area contributed by atoms with E-state index in [0.717, 1.165) is 21.6 Å². The van der Waals surface area contributed by atoms with E-state index in [1.54, 1.807) is 0 Å². The summed E-state index contributed by atoms with van der Waals surface area (Å²) in [7, 11) is 0. The number of rotatable bonds is 6. The van der Waals surface area contributed by atoms with Crippen LogP contribution >= 0.6 is 11.3 Å². The molecule has 0 fully saturated rings. The predicted molar refractivity (Wildman–Crippen MR) is 125 cm³/mol. The van der Waals surface area contributed by atoms with Gasteiger partial charge in [-0.1, -0.05) is 60.7 Å². The third-order valence-electron chi connectivity index (χ3n) is 5.08. The molecule has 3 amide bonds. The van der Waals surface area contributed by atoms with Crippen LogP contribution in [0.4, 0.5) is 4.79 Å². The molecule has 2 aromatic heterocycles. The number of carbonyl (C=O) groups excluding carboxylic acids is 2. The monoisotopic (exact) mass is 446 g/mol. The van der Waals surface area contributed by atoms with Gasteiger partial charge in [-0.3, -0.25) is 19.5 Å². The molecule has 0 saturated carbocycles. The molecule has 0 saturated heterocycles. The van der Waals surface area contributed by atoms with E-state index in [4.69, 9.17) is 0 Å². The highest BCUT2D eigenvalue weighted by Gasteiger charge is 2.16. The first kappa shape index (κ1) is 21.5. The summed E-state index contributed by atoms with van der Waals surface area (Å²) < 4.78 is 1.41. The largest absolute Gasteiger partial charge is 0.334 e. The van der Waals surface area contributed by atoms with Crippen molar-refractivity contribution in [3.05, 3.63) is 88.5 Å². The minimum atomic E-state index is -0.569. The van der Waals surface area contributed by atoms with E-state index in [9.17, 15) is 14.4 Å². The summed E-state index contributed by atoms with van der Waals surface area (Å²) in [6.07, 6.45) is 1.44. The van der Waals surface area contributed by atoms with Gasteiger partial charge in [-0.15, -0.1) is 11.3 Å². The fourth-order valence-electron chi connectivity index (χ4n) is 3.42. The summed E-state index contributed by atoms with van der Waals surface area (Å²) in [6.45, 7) is 2.37. The summed E-state index contributed by atoms with van der Waals surface area (Å²) >= 11 is 1.48. The molecular weight excluding hydrogens is 424 g/mol. The number of hydrogen-bond acceptors (Lipinski definition) is 5. The highest BCUT2D eigenvalue weighted by atomic mass is 32.1. The second-order valence-corrected chi connectivity index (χ2v) is 8.31. The molecule has 0 unspecified atom stereocenters. The van der Waals surface area contributed by atoms with Crippen LogP contribution in [0, 0.1) is 6.92 Å². The number of benzene rings is 2. The van der Waals surface area contributed by atoms with Gasteiger partial charge in [0.25, 0.3) is 5.56 Å². The maximum absolute atomic E-state index is 13.0. The number of nitrogens with one attached hydrogen (secondary N) is 2. The number of aryl methyl sites for hydroxylation is 2. The second-order valence-electron chi connectivity index (χ2n) is 7.31. The van der Waals surface area contributed by atoms with Gasteiger partial charge in [0, 0.05) is 24.4 Å². The molecule has 0 aliphatic carbocycles. The highest BCUT2D eigenvalue weighted by Crippen LogP contribution is 2.35. The Balaban J connectivity index is 1.40. The number of carbonyl (C=O) groups is 2. The molecule has 162 valence electrons. The van der Waals surface area contributed by atoms with Gasteiger partial charge in [-0.2, -0.15) is 0 Å². The number of fused-ring (bicyclic) bond motifs is 1. The number of thiophene rings is 1. The van der Waals surface area contributed by atoms with Crippen LogP contribution in [-0.4, -0.2) is 21.5 Å². The quantitative estimate of drug-likeness (QED) is 0.471. The van der Waals surface area contributed by atoms with E-state index >= 15 is 0 Å². The molecule has 0 bridgehead atoms. The van der Waals surface area contributed by atoms with Crippen molar-refractivity contribution >= 4 is 33.5 Å². The number of amides is 3. The fraction of sp³-hybridized carbons (Fsp3) is 0.167. The summed E-state index contributed by atoms with van der Waals surface area (Å²) in [6, 6.07) is 18.7. The Morgan fingerprint density at radius 1 is 1.03 bits per heavy atom.